The van der Waals surface area contributed by atoms with Gasteiger partial charge in [0.2, 0.25) is 5.95 Å². The van der Waals surface area contributed by atoms with Crippen molar-refractivity contribution in [3.63, 3.8) is 0 Å². The lowest BCUT2D eigenvalue weighted by Crippen LogP contribution is -2.15. The van der Waals surface area contributed by atoms with Gasteiger partial charge in [0, 0.05) is 17.3 Å². The number of rotatable bonds is 11. The first-order valence-electron chi connectivity index (χ1n) is 12.3. The summed E-state index contributed by atoms with van der Waals surface area (Å²) in [5, 5.41) is 0. The Morgan fingerprint density at radius 3 is 2.13 bits per heavy atom. The van der Waals surface area contributed by atoms with Gasteiger partial charge in [-0.2, -0.15) is 9.37 Å². The molecule has 1 aromatic carbocycles. The molecule has 0 bridgehead atoms. The van der Waals surface area contributed by atoms with Crippen molar-refractivity contribution in [3.05, 3.63) is 47.5 Å². The van der Waals surface area contributed by atoms with Gasteiger partial charge >= 0.3 is 0 Å². The Labute approximate surface area is 182 Å². The number of benzene rings is 1. The van der Waals surface area contributed by atoms with E-state index in [0.717, 1.165) is 36.7 Å². The predicted molar refractivity (Wildman–Crippen MR) is 124 cm³/mol. The molecule has 3 heteroatoms. The molecule has 0 atom stereocenters. The predicted octanol–water partition coefficient (Wildman–Crippen LogP) is 7.94. The zero-order chi connectivity index (χ0) is 21.2. The lowest BCUT2D eigenvalue weighted by molar-refractivity contribution is 0.249. The Hall–Kier alpha value is -1.77. The zero-order valence-corrected chi connectivity index (χ0v) is 19.0. The van der Waals surface area contributed by atoms with Gasteiger partial charge in [-0.05, 0) is 43.1 Å². The minimum Gasteiger partial charge on any atom is -0.236 e. The van der Waals surface area contributed by atoms with Gasteiger partial charge in [-0.15, -0.1) is 0 Å². The number of halogens is 1. The summed E-state index contributed by atoms with van der Waals surface area (Å²) in [5.74, 6) is 1.99. The lowest BCUT2D eigenvalue weighted by atomic mass is 9.78. The van der Waals surface area contributed by atoms with Gasteiger partial charge in [-0.25, -0.2) is 4.98 Å². The molecule has 0 spiro atoms. The van der Waals surface area contributed by atoms with Gasteiger partial charge in [0.1, 0.15) is 0 Å². The summed E-state index contributed by atoms with van der Waals surface area (Å²) in [6, 6.07) is 8.41. The van der Waals surface area contributed by atoms with Crippen LogP contribution in [0.3, 0.4) is 0 Å². The Bertz CT molecular complexity index is 748. The second-order valence-electron chi connectivity index (χ2n) is 9.23. The molecule has 0 amide bonds. The van der Waals surface area contributed by atoms with Gasteiger partial charge in [0.25, 0.3) is 0 Å². The average Bonchev–Trinajstić information content (AvgIpc) is 2.78. The van der Waals surface area contributed by atoms with E-state index in [1.165, 1.54) is 63.4 Å². The molecule has 1 heterocycles. The van der Waals surface area contributed by atoms with Crippen molar-refractivity contribution in [1.29, 1.82) is 0 Å². The number of aryl methyl sites for hydroxylation is 2. The molecule has 164 valence electrons. The van der Waals surface area contributed by atoms with Crippen molar-refractivity contribution in [1.82, 2.24) is 9.97 Å². The first kappa shape index (κ1) is 22.9. The molecular weight excluding hydrogens is 371 g/mol. The quantitative estimate of drug-likeness (QED) is 0.277. The maximum Gasteiger partial charge on any atom is 0.219 e. The van der Waals surface area contributed by atoms with Gasteiger partial charge in [-0.3, -0.25) is 0 Å². The van der Waals surface area contributed by atoms with Crippen LogP contribution in [0.15, 0.2) is 30.5 Å². The fourth-order valence-electron chi connectivity index (χ4n) is 4.74. The van der Waals surface area contributed by atoms with Crippen LogP contribution in [0.4, 0.5) is 4.39 Å². The van der Waals surface area contributed by atoms with Crippen molar-refractivity contribution >= 4 is 0 Å². The van der Waals surface area contributed by atoms with E-state index >= 15 is 0 Å². The third-order valence-electron chi connectivity index (χ3n) is 6.85. The average molecular weight is 411 g/mol. The molecule has 2 aromatic rings. The van der Waals surface area contributed by atoms with E-state index in [0.29, 0.717) is 17.8 Å². The van der Waals surface area contributed by atoms with Gasteiger partial charge < -0.3 is 0 Å². The summed E-state index contributed by atoms with van der Waals surface area (Å²) in [4.78, 5) is 8.50. The molecule has 0 N–H and O–H groups in total. The largest absolute Gasteiger partial charge is 0.236 e. The first-order chi connectivity index (χ1) is 14.7. The topological polar surface area (TPSA) is 25.8 Å². The van der Waals surface area contributed by atoms with E-state index in [9.17, 15) is 4.39 Å². The monoisotopic (exact) mass is 410 g/mol. The second-order valence-corrected chi connectivity index (χ2v) is 9.23. The van der Waals surface area contributed by atoms with E-state index < -0.39 is 0 Å². The molecule has 0 saturated heterocycles. The van der Waals surface area contributed by atoms with Crippen molar-refractivity contribution in [2.45, 2.75) is 97.3 Å². The number of aromatic nitrogens is 2. The maximum absolute atomic E-state index is 14.2. The van der Waals surface area contributed by atoms with Gasteiger partial charge in [0.05, 0.1) is 0 Å². The fourth-order valence-corrected chi connectivity index (χ4v) is 4.74. The molecule has 3 rings (SSSR count). The molecule has 2 nitrogen and oxygen atoms in total. The molecule has 1 aliphatic carbocycles. The molecule has 0 aliphatic heterocycles. The minimum absolute atomic E-state index is 0.372. The van der Waals surface area contributed by atoms with Gasteiger partial charge in [0.15, 0.2) is 5.82 Å². The van der Waals surface area contributed by atoms with Crippen molar-refractivity contribution in [2.24, 2.45) is 11.8 Å². The van der Waals surface area contributed by atoms with Crippen LogP contribution in [0.2, 0.25) is 0 Å². The highest BCUT2D eigenvalue weighted by Crippen LogP contribution is 2.34. The molecule has 1 aliphatic rings. The fraction of sp³-hybridized carbons (Fsp3) is 0.630. The summed E-state index contributed by atoms with van der Waals surface area (Å²) in [5.41, 5.74) is 2.88. The zero-order valence-electron chi connectivity index (χ0n) is 19.0. The lowest BCUT2D eigenvalue weighted by Gasteiger charge is -2.28. The highest BCUT2D eigenvalue weighted by molar-refractivity contribution is 5.55. The molecule has 0 radical (unpaired) electrons. The standard InChI is InChI=1S/C27H39FN2/c1-3-5-7-8-21-10-12-22(13-11-21)14-15-23-16-18-24(19-17-23)27-29-20-25(9-6-4-2)26(28)30-27/h16-22H,3-15H2,1-2H3. The normalized spacial score (nSPS) is 19.2. The van der Waals surface area contributed by atoms with Crippen LogP contribution < -0.4 is 0 Å². The van der Waals surface area contributed by atoms with E-state index in [1.54, 1.807) is 6.20 Å². The van der Waals surface area contributed by atoms with Crippen LogP contribution in [0.1, 0.15) is 95.6 Å². The number of hydrogen-bond donors (Lipinski definition) is 0. The third-order valence-corrected chi connectivity index (χ3v) is 6.85. The number of hydrogen-bond acceptors (Lipinski definition) is 2. The summed E-state index contributed by atoms with van der Waals surface area (Å²) in [6.07, 6.45) is 18.1. The molecular formula is C27H39FN2. The molecule has 0 unspecified atom stereocenters. The second kappa shape index (κ2) is 12.2. The Morgan fingerprint density at radius 1 is 0.833 bits per heavy atom. The number of unbranched alkanes of at least 4 members (excludes halogenated alkanes) is 3. The smallest absolute Gasteiger partial charge is 0.219 e. The number of nitrogens with zero attached hydrogens (tertiary/aromatic N) is 2. The van der Waals surface area contributed by atoms with Crippen LogP contribution in [0.5, 0.6) is 0 Å². The minimum atomic E-state index is -0.372. The van der Waals surface area contributed by atoms with Crippen LogP contribution >= 0.6 is 0 Å². The van der Waals surface area contributed by atoms with Crippen molar-refractivity contribution in [3.8, 4) is 11.4 Å². The van der Waals surface area contributed by atoms with Crippen molar-refractivity contribution in [2.75, 3.05) is 0 Å². The van der Waals surface area contributed by atoms with Crippen LogP contribution in [0, 0.1) is 17.8 Å². The van der Waals surface area contributed by atoms with Crippen molar-refractivity contribution < 1.29 is 4.39 Å². The van der Waals surface area contributed by atoms with Crippen LogP contribution in [0.25, 0.3) is 11.4 Å². The summed E-state index contributed by atoms with van der Waals surface area (Å²) in [6.45, 7) is 4.40. The molecule has 1 aromatic heterocycles. The SMILES string of the molecule is CCCCCC1CCC(CCc2ccc(-c3ncc(CCCC)c(F)n3)cc2)CC1. The summed E-state index contributed by atoms with van der Waals surface area (Å²) in [7, 11) is 0. The third kappa shape index (κ3) is 6.89. The van der Waals surface area contributed by atoms with E-state index in [-0.39, 0.29) is 5.95 Å². The van der Waals surface area contributed by atoms with Crippen LogP contribution in [-0.4, -0.2) is 9.97 Å². The highest BCUT2D eigenvalue weighted by atomic mass is 19.1. The summed E-state index contributed by atoms with van der Waals surface area (Å²) >= 11 is 0. The summed E-state index contributed by atoms with van der Waals surface area (Å²) < 4.78 is 14.2. The van der Waals surface area contributed by atoms with Gasteiger partial charge in [-0.1, -0.05) is 95.9 Å². The van der Waals surface area contributed by atoms with E-state index in [2.05, 4.69) is 35.9 Å². The van der Waals surface area contributed by atoms with Crippen LogP contribution in [-0.2, 0) is 12.8 Å². The molecule has 1 saturated carbocycles. The Morgan fingerprint density at radius 2 is 1.50 bits per heavy atom. The van der Waals surface area contributed by atoms with E-state index in [4.69, 9.17) is 0 Å². The first-order valence-corrected chi connectivity index (χ1v) is 12.3. The molecule has 1 fully saturated rings. The van der Waals surface area contributed by atoms with E-state index in [1.807, 2.05) is 12.1 Å². The Balaban J connectivity index is 1.46. The maximum atomic E-state index is 14.2. The Kier molecular flexibility index (Phi) is 9.29. The highest BCUT2D eigenvalue weighted by Gasteiger charge is 2.20. The molecule has 30 heavy (non-hydrogen) atoms.